The van der Waals surface area contributed by atoms with Crippen molar-refractivity contribution in [1.29, 1.82) is 0 Å². The number of carbonyl (C=O) groups excluding carboxylic acids is 2. The van der Waals surface area contributed by atoms with Crippen LogP contribution in [0.4, 0.5) is 0 Å². The summed E-state index contributed by atoms with van der Waals surface area (Å²) in [4.78, 5) is 30.6. The maximum atomic E-state index is 12.4. The third kappa shape index (κ3) is 3.04. The summed E-state index contributed by atoms with van der Waals surface area (Å²) < 4.78 is 5.24. The van der Waals surface area contributed by atoms with Crippen LogP contribution in [0.15, 0.2) is 24.3 Å². The minimum absolute atomic E-state index is 0.125. The van der Waals surface area contributed by atoms with E-state index >= 15 is 0 Å². The molecule has 23 heavy (non-hydrogen) atoms. The molecule has 3 rings (SSSR count). The number of para-hydroxylation sites is 1. The molecule has 0 radical (unpaired) electrons. The van der Waals surface area contributed by atoms with Crippen LogP contribution >= 0.6 is 0 Å². The van der Waals surface area contributed by atoms with Crippen LogP contribution in [0.3, 0.4) is 0 Å². The van der Waals surface area contributed by atoms with E-state index in [1.165, 1.54) is 0 Å². The highest BCUT2D eigenvalue weighted by Gasteiger charge is 2.22. The zero-order chi connectivity index (χ0) is 16.4. The van der Waals surface area contributed by atoms with E-state index in [1.807, 2.05) is 31.2 Å². The lowest BCUT2D eigenvalue weighted by Gasteiger charge is -2.16. The molecule has 2 heterocycles. The van der Waals surface area contributed by atoms with E-state index in [1.54, 1.807) is 11.8 Å². The molecular formula is C18H20N2O3. The molecule has 1 fully saturated rings. The molecular weight excluding hydrogens is 292 g/mol. The van der Waals surface area contributed by atoms with E-state index in [9.17, 15) is 9.59 Å². The number of nitrogens with zero attached hydrogens (tertiary/aromatic N) is 2. The first-order chi connectivity index (χ1) is 11.1. The van der Waals surface area contributed by atoms with Crippen LogP contribution in [-0.2, 0) is 9.53 Å². The van der Waals surface area contributed by atoms with Gasteiger partial charge in [0, 0.05) is 18.5 Å². The quantitative estimate of drug-likeness (QED) is 0.818. The van der Waals surface area contributed by atoms with Crippen LogP contribution in [0.1, 0.15) is 34.5 Å². The van der Waals surface area contributed by atoms with Crippen molar-refractivity contribution >= 4 is 22.8 Å². The van der Waals surface area contributed by atoms with Gasteiger partial charge in [0.15, 0.2) is 6.61 Å². The summed E-state index contributed by atoms with van der Waals surface area (Å²) >= 11 is 0. The number of aryl methyl sites for hydroxylation is 2. The molecule has 0 unspecified atom stereocenters. The molecule has 0 aliphatic carbocycles. The van der Waals surface area contributed by atoms with Gasteiger partial charge in [-0.1, -0.05) is 18.2 Å². The number of rotatable bonds is 3. The van der Waals surface area contributed by atoms with Gasteiger partial charge >= 0.3 is 5.97 Å². The number of hydrogen-bond donors (Lipinski definition) is 0. The number of hydrogen-bond acceptors (Lipinski definition) is 4. The molecule has 0 N–H and O–H groups in total. The Hall–Kier alpha value is -2.43. The topological polar surface area (TPSA) is 59.5 Å². The fourth-order valence-electron chi connectivity index (χ4n) is 3.09. The normalized spacial score (nSPS) is 14.3. The molecule has 1 amide bonds. The Balaban J connectivity index is 1.79. The van der Waals surface area contributed by atoms with Crippen LogP contribution in [-0.4, -0.2) is 41.5 Å². The zero-order valence-electron chi connectivity index (χ0n) is 13.5. The lowest BCUT2D eigenvalue weighted by Crippen LogP contribution is -2.32. The van der Waals surface area contributed by atoms with Gasteiger partial charge in [0.25, 0.3) is 5.91 Å². The highest BCUT2D eigenvalue weighted by Crippen LogP contribution is 2.23. The van der Waals surface area contributed by atoms with Crippen molar-refractivity contribution in [3.05, 3.63) is 41.1 Å². The van der Waals surface area contributed by atoms with Crippen molar-refractivity contribution in [2.24, 2.45) is 0 Å². The molecule has 120 valence electrons. The van der Waals surface area contributed by atoms with Gasteiger partial charge in [-0.15, -0.1) is 0 Å². The Morgan fingerprint density at radius 2 is 1.87 bits per heavy atom. The number of aromatic nitrogens is 1. The maximum absolute atomic E-state index is 12.4. The number of ether oxygens (including phenoxy) is 1. The van der Waals surface area contributed by atoms with Gasteiger partial charge in [0.1, 0.15) is 0 Å². The highest BCUT2D eigenvalue weighted by atomic mass is 16.5. The lowest BCUT2D eigenvalue weighted by molar-refractivity contribution is -0.133. The number of pyridine rings is 1. The highest BCUT2D eigenvalue weighted by molar-refractivity contribution is 5.99. The van der Waals surface area contributed by atoms with Crippen LogP contribution < -0.4 is 0 Å². The fourth-order valence-corrected chi connectivity index (χ4v) is 3.09. The van der Waals surface area contributed by atoms with E-state index in [0.717, 1.165) is 42.4 Å². The van der Waals surface area contributed by atoms with Crippen LogP contribution in [0.25, 0.3) is 10.9 Å². The molecule has 0 spiro atoms. The molecule has 1 saturated heterocycles. The van der Waals surface area contributed by atoms with Gasteiger partial charge < -0.3 is 9.64 Å². The smallest absolute Gasteiger partial charge is 0.340 e. The first kappa shape index (κ1) is 15.5. The predicted molar refractivity (Wildman–Crippen MR) is 87.3 cm³/mol. The minimum Gasteiger partial charge on any atom is -0.452 e. The number of esters is 1. The second-order valence-corrected chi connectivity index (χ2v) is 5.88. The minimum atomic E-state index is -0.481. The molecule has 5 nitrogen and oxygen atoms in total. The van der Waals surface area contributed by atoms with E-state index in [0.29, 0.717) is 11.3 Å². The van der Waals surface area contributed by atoms with Gasteiger partial charge in [-0.3, -0.25) is 9.78 Å². The average molecular weight is 312 g/mol. The first-order valence-corrected chi connectivity index (χ1v) is 7.89. The molecule has 1 aliphatic heterocycles. The Kier molecular flexibility index (Phi) is 4.28. The standard InChI is InChI=1S/C18H20N2O3/c1-12-14-7-3-4-8-15(14)19-13(2)17(12)18(22)23-11-16(21)20-9-5-6-10-20/h3-4,7-8H,5-6,9-11H2,1-2H3. The van der Waals surface area contributed by atoms with Gasteiger partial charge in [-0.2, -0.15) is 0 Å². The van der Waals surface area contributed by atoms with Gasteiger partial charge in [-0.25, -0.2) is 4.79 Å². The average Bonchev–Trinajstić information content (AvgIpc) is 3.07. The predicted octanol–water partition coefficient (Wildman–Crippen LogP) is 2.63. The summed E-state index contributed by atoms with van der Waals surface area (Å²) in [5.74, 6) is -0.606. The SMILES string of the molecule is Cc1nc2ccccc2c(C)c1C(=O)OCC(=O)N1CCCC1. The number of benzene rings is 1. The largest absolute Gasteiger partial charge is 0.452 e. The molecule has 5 heteroatoms. The second kappa shape index (κ2) is 6.36. The zero-order valence-corrected chi connectivity index (χ0v) is 13.5. The molecule has 0 saturated carbocycles. The summed E-state index contributed by atoms with van der Waals surface area (Å²) in [5, 5.41) is 0.927. The van der Waals surface area contributed by atoms with Crippen LogP contribution in [0.5, 0.6) is 0 Å². The molecule has 1 aromatic carbocycles. The molecule has 0 bridgehead atoms. The van der Waals surface area contributed by atoms with Crippen LogP contribution in [0, 0.1) is 13.8 Å². The van der Waals surface area contributed by atoms with Gasteiger partial charge in [-0.05, 0) is 38.3 Å². The Labute approximate surface area is 135 Å². The second-order valence-electron chi connectivity index (χ2n) is 5.88. The number of amides is 1. The Morgan fingerprint density at radius 3 is 2.61 bits per heavy atom. The number of carbonyl (C=O) groups is 2. The Morgan fingerprint density at radius 1 is 1.17 bits per heavy atom. The fraction of sp³-hybridized carbons (Fsp3) is 0.389. The van der Waals surface area contributed by atoms with Crippen molar-refractivity contribution in [2.45, 2.75) is 26.7 Å². The number of likely N-dealkylation sites (tertiary alicyclic amines) is 1. The third-order valence-corrected chi connectivity index (χ3v) is 4.32. The maximum Gasteiger partial charge on any atom is 0.340 e. The van der Waals surface area contributed by atoms with Crippen molar-refractivity contribution in [1.82, 2.24) is 9.88 Å². The van der Waals surface area contributed by atoms with E-state index < -0.39 is 5.97 Å². The summed E-state index contributed by atoms with van der Waals surface area (Å²) in [6, 6.07) is 7.68. The number of fused-ring (bicyclic) bond motifs is 1. The van der Waals surface area contributed by atoms with E-state index in [2.05, 4.69) is 4.98 Å². The van der Waals surface area contributed by atoms with Crippen molar-refractivity contribution in [2.75, 3.05) is 19.7 Å². The Bertz CT molecular complexity index is 764. The summed E-state index contributed by atoms with van der Waals surface area (Å²) in [5.41, 5.74) is 2.77. The van der Waals surface area contributed by atoms with Gasteiger partial charge in [0.2, 0.25) is 0 Å². The van der Waals surface area contributed by atoms with E-state index in [-0.39, 0.29) is 12.5 Å². The van der Waals surface area contributed by atoms with Crippen molar-refractivity contribution in [3.8, 4) is 0 Å². The van der Waals surface area contributed by atoms with Gasteiger partial charge in [0.05, 0.1) is 16.8 Å². The van der Waals surface area contributed by atoms with Crippen LogP contribution in [0.2, 0.25) is 0 Å². The molecule has 0 atom stereocenters. The molecule has 1 aromatic heterocycles. The summed E-state index contributed by atoms with van der Waals surface area (Å²) in [7, 11) is 0. The molecule has 2 aromatic rings. The molecule has 1 aliphatic rings. The van der Waals surface area contributed by atoms with E-state index in [4.69, 9.17) is 4.74 Å². The first-order valence-electron chi connectivity index (χ1n) is 7.89. The monoisotopic (exact) mass is 312 g/mol. The summed E-state index contributed by atoms with van der Waals surface area (Å²) in [6.07, 6.45) is 2.04. The van der Waals surface area contributed by atoms with Crippen molar-refractivity contribution in [3.63, 3.8) is 0 Å². The lowest BCUT2D eigenvalue weighted by atomic mass is 10.0. The van der Waals surface area contributed by atoms with Crippen molar-refractivity contribution < 1.29 is 14.3 Å². The third-order valence-electron chi connectivity index (χ3n) is 4.32. The summed E-state index contributed by atoms with van der Waals surface area (Å²) in [6.45, 7) is 4.98.